The second-order valence-electron chi connectivity index (χ2n) is 9.10. The van der Waals surface area contributed by atoms with Crippen LogP contribution in [0.2, 0.25) is 15.1 Å². The Labute approximate surface area is 241 Å². The lowest BCUT2D eigenvalue weighted by Gasteiger charge is -2.21. The van der Waals surface area contributed by atoms with Crippen LogP contribution in [0.5, 0.6) is 0 Å². The summed E-state index contributed by atoms with van der Waals surface area (Å²) < 4.78 is 30.7. The molecule has 0 aromatic heterocycles. The van der Waals surface area contributed by atoms with Gasteiger partial charge in [0.2, 0.25) is 15.9 Å². The zero-order valence-electron chi connectivity index (χ0n) is 20.6. The maximum atomic E-state index is 13.9. The van der Waals surface area contributed by atoms with E-state index in [1.807, 2.05) is 12.1 Å². The molecule has 39 heavy (non-hydrogen) atoms. The number of halogens is 3. The van der Waals surface area contributed by atoms with Crippen LogP contribution in [-0.4, -0.2) is 20.0 Å². The van der Waals surface area contributed by atoms with Crippen molar-refractivity contribution in [2.24, 2.45) is 5.10 Å². The lowest BCUT2D eigenvalue weighted by atomic mass is 9.96. The van der Waals surface area contributed by atoms with E-state index in [4.69, 9.17) is 34.8 Å². The number of hydrogen-bond acceptors (Lipinski definition) is 5. The Morgan fingerprint density at radius 2 is 1.64 bits per heavy atom. The van der Waals surface area contributed by atoms with Crippen LogP contribution in [0.25, 0.3) is 10.8 Å². The number of carbonyl (C=O) groups excluding carboxylic acids is 1. The second-order valence-corrected chi connectivity index (χ2v) is 12.1. The minimum atomic E-state index is -4.11. The number of nitrogens with one attached hydrogen (secondary N) is 3. The van der Waals surface area contributed by atoms with Crippen molar-refractivity contribution in [3.8, 4) is 0 Å². The second kappa shape index (κ2) is 11.2. The average molecular weight is 602 g/mol. The maximum Gasteiger partial charge on any atom is 0.242 e. The lowest BCUT2D eigenvalue weighted by molar-refractivity contribution is -0.114. The van der Waals surface area contributed by atoms with Gasteiger partial charge in [0.25, 0.3) is 0 Å². The lowest BCUT2D eigenvalue weighted by Crippen LogP contribution is -2.34. The molecule has 1 aliphatic rings. The van der Waals surface area contributed by atoms with Gasteiger partial charge in [-0.1, -0.05) is 77.3 Å². The van der Waals surface area contributed by atoms with E-state index >= 15 is 0 Å². The number of fused-ring (bicyclic) bond motifs is 1. The first kappa shape index (κ1) is 27.4. The van der Waals surface area contributed by atoms with Crippen molar-refractivity contribution in [2.75, 3.05) is 5.32 Å². The minimum Gasteiger partial charge on any atom is -0.326 e. The van der Waals surface area contributed by atoms with Crippen molar-refractivity contribution in [2.45, 2.75) is 30.3 Å². The number of carbonyl (C=O) groups is 1. The van der Waals surface area contributed by atoms with Gasteiger partial charge in [-0.15, -0.1) is 0 Å². The molecule has 0 fully saturated rings. The summed E-state index contributed by atoms with van der Waals surface area (Å²) in [4.78, 5) is 11.8. The van der Waals surface area contributed by atoms with E-state index in [0.717, 1.165) is 5.56 Å². The van der Waals surface area contributed by atoms with E-state index in [1.165, 1.54) is 13.0 Å². The van der Waals surface area contributed by atoms with Gasteiger partial charge in [-0.05, 0) is 47.5 Å². The minimum absolute atomic E-state index is 0.0584. The molecule has 5 rings (SSSR count). The van der Waals surface area contributed by atoms with Crippen LogP contribution in [-0.2, 0) is 14.8 Å². The summed E-state index contributed by atoms with van der Waals surface area (Å²) in [7, 11) is -4.11. The third kappa shape index (κ3) is 5.90. The highest BCUT2D eigenvalue weighted by molar-refractivity contribution is 7.89. The largest absolute Gasteiger partial charge is 0.326 e. The summed E-state index contributed by atoms with van der Waals surface area (Å²) >= 11 is 18.7. The fraction of sp³-hybridized carbons (Fsp3) is 0.143. The zero-order chi connectivity index (χ0) is 27.7. The Bertz CT molecular complexity index is 1710. The van der Waals surface area contributed by atoms with E-state index < -0.39 is 16.1 Å². The Hall–Kier alpha value is -3.14. The SMILES string of the molecule is CC(=O)Nc1cccc2c(S(=O)(=O)NC(C3=NNC(c4ccc(Cl)cc4)C3)c3ccc(Cl)cc3Cl)cccc12. The molecule has 0 bridgehead atoms. The summed E-state index contributed by atoms with van der Waals surface area (Å²) in [6, 6.07) is 21.3. The van der Waals surface area contributed by atoms with Gasteiger partial charge in [0.05, 0.1) is 22.7 Å². The topological polar surface area (TPSA) is 99.7 Å². The fourth-order valence-electron chi connectivity index (χ4n) is 4.61. The Balaban J connectivity index is 1.54. The standard InChI is InChI=1S/C28H23Cl3N4O3S/c1-16(36)32-24-6-2-5-21-20(24)4-3-7-27(21)39(37,38)35-28(22-13-12-19(30)14-23(22)31)26-15-25(33-34-26)17-8-10-18(29)11-9-17/h2-14,25,28,33,35H,15H2,1H3,(H,32,36). The van der Waals surface area contributed by atoms with Crippen LogP contribution in [0.1, 0.15) is 36.6 Å². The monoisotopic (exact) mass is 600 g/mol. The molecule has 11 heteroatoms. The molecule has 200 valence electrons. The average Bonchev–Trinajstić information content (AvgIpc) is 3.38. The van der Waals surface area contributed by atoms with E-state index in [2.05, 4.69) is 20.6 Å². The van der Waals surface area contributed by atoms with Crippen LogP contribution < -0.4 is 15.5 Å². The van der Waals surface area contributed by atoms with Gasteiger partial charge in [-0.2, -0.15) is 9.82 Å². The zero-order valence-corrected chi connectivity index (χ0v) is 23.7. The summed E-state index contributed by atoms with van der Waals surface area (Å²) in [6.07, 6.45) is 0.427. The van der Waals surface area contributed by atoms with Crippen LogP contribution in [0.4, 0.5) is 5.69 Å². The third-order valence-electron chi connectivity index (χ3n) is 6.41. The Morgan fingerprint density at radius 1 is 0.949 bits per heavy atom. The van der Waals surface area contributed by atoms with Crippen molar-refractivity contribution < 1.29 is 13.2 Å². The fourth-order valence-corrected chi connectivity index (χ4v) is 6.68. The van der Waals surface area contributed by atoms with E-state index in [9.17, 15) is 13.2 Å². The first-order chi connectivity index (χ1) is 18.6. The molecule has 4 aromatic carbocycles. The van der Waals surface area contributed by atoms with E-state index in [1.54, 1.807) is 60.7 Å². The van der Waals surface area contributed by atoms with Gasteiger partial charge in [0.15, 0.2) is 0 Å². The molecule has 1 heterocycles. The molecule has 1 amide bonds. The van der Waals surface area contributed by atoms with Crippen molar-refractivity contribution >= 4 is 72.9 Å². The summed E-state index contributed by atoms with van der Waals surface area (Å²) in [5, 5.41) is 9.67. The summed E-state index contributed by atoms with van der Waals surface area (Å²) in [6.45, 7) is 1.40. The highest BCUT2D eigenvalue weighted by Crippen LogP contribution is 2.35. The smallest absolute Gasteiger partial charge is 0.242 e. The molecule has 0 saturated heterocycles. The van der Waals surface area contributed by atoms with Crippen molar-refractivity contribution in [1.82, 2.24) is 10.1 Å². The summed E-state index contributed by atoms with van der Waals surface area (Å²) in [5.74, 6) is -0.256. The molecular formula is C28H23Cl3N4O3S. The molecule has 7 nitrogen and oxygen atoms in total. The number of amides is 1. The first-order valence-electron chi connectivity index (χ1n) is 12.0. The van der Waals surface area contributed by atoms with Gasteiger partial charge in [-0.3, -0.25) is 4.79 Å². The van der Waals surface area contributed by atoms with Gasteiger partial charge in [0, 0.05) is 44.9 Å². The predicted octanol–water partition coefficient (Wildman–Crippen LogP) is 6.87. The van der Waals surface area contributed by atoms with Crippen molar-refractivity contribution in [3.63, 3.8) is 0 Å². The molecule has 0 saturated carbocycles. The number of nitrogens with zero attached hydrogens (tertiary/aromatic N) is 1. The van der Waals surface area contributed by atoms with Gasteiger partial charge < -0.3 is 10.7 Å². The number of hydrogen-bond donors (Lipinski definition) is 3. The molecule has 0 radical (unpaired) electrons. The van der Waals surface area contributed by atoms with Gasteiger partial charge in [0.1, 0.15) is 0 Å². The third-order valence-corrected chi connectivity index (χ3v) is 8.71. The number of benzene rings is 4. The summed E-state index contributed by atoms with van der Waals surface area (Å²) in [5.41, 5.74) is 5.66. The molecule has 3 N–H and O–H groups in total. The number of sulfonamides is 1. The van der Waals surface area contributed by atoms with E-state index in [0.29, 0.717) is 49.2 Å². The number of rotatable bonds is 7. The molecule has 2 atom stereocenters. The molecule has 0 spiro atoms. The highest BCUT2D eigenvalue weighted by Gasteiger charge is 2.33. The highest BCUT2D eigenvalue weighted by atomic mass is 35.5. The van der Waals surface area contributed by atoms with Crippen LogP contribution >= 0.6 is 34.8 Å². The Morgan fingerprint density at radius 3 is 2.36 bits per heavy atom. The van der Waals surface area contributed by atoms with Crippen LogP contribution in [0.15, 0.2) is 88.9 Å². The van der Waals surface area contributed by atoms with Crippen LogP contribution in [0.3, 0.4) is 0 Å². The predicted molar refractivity (Wildman–Crippen MR) is 157 cm³/mol. The van der Waals surface area contributed by atoms with Gasteiger partial charge >= 0.3 is 0 Å². The van der Waals surface area contributed by atoms with Crippen molar-refractivity contribution in [3.05, 3.63) is 105 Å². The van der Waals surface area contributed by atoms with Crippen LogP contribution in [0, 0.1) is 0 Å². The van der Waals surface area contributed by atoms with Gasteiger partial charge in [-0.25, -0.2) is 8.42 Å². The molecule has 2 unspecified atom stereocenters. The van der Waals surface area contributed by atoms with E-state index in [-0.39, 0.29) is 16.8 Å². The quantitative estimate of drug-likeness (QED) is 0.215. The number of hydrazone groups is 1. The Kier molecular flexibility index (Phi) is 7.84. The first-order valence-corrected chi connectivity index (χ1v) is 14.6. The maximum absolute atomic E-state index is 13.9. The normalized spacial score (nSPS) is 16.0. The molecule has 4 aromatic rings. The molecular weight excluding hydrogens is 579 g/mol. The molecule has 0 aliphatic carbocycles. The van der Waals surface area contributed by atoms with Crippen molar-refractivity contribution in [1.29, 1.82) is 0 Å². The molecule has 1 aliphatic heterocycles. The number of anilines is 1.